The number of anilines is 1. The van der Waals surface area contributed by atoms with E-state index in [4.69, 9.17) is 16.3 Å². The van der Waals surface area contributed by atoms with Crippen LogP contribution in [0, 0.1) is 5.82 Å². The highest BCUT2D eigenvalue weighted by molar-refractivity contribution is 6.30. The van der Waals surface area contributed by atoms with Crippen molar-refractivity contribution >= 4 is 17.3 Å². The molecule has 1 N–H and O–H groups in total. The summed E-state index contributed by atoms with van der Waals surface area (Å²) in [5.74, 6) is 0.465. The van der Waals surface area contributed by atoms with E-state index in [1.54, 1.807) is 12.1 Å². The summed E-state index contributed by atoms with van der Waals surface area (Å²) in [6.45, 7) is 3.09. The summed E-state index contributed by atoms with van der Waals surface area (Å²) in [5.41, 5.74) is 1.46. The number of halogens is 2. The fourth-order valence-electron chi connectivity index (χ4n) is 1.74. The Hall–Kier alpha value is -1.74. The molecule has 0 aliphatic carbocycles. The Morgan fingerprint density at radius 1 is 1.21 bits per heavy atom. The maximum atomic E-state index is 13.6. The van der Waals surface area contributed by atoms with Crippen molar-refractivity contribution in [3.63, 3.8) is 0 Å². The van der Waals surface area contributed by atoms with Crippen LogP contribution < -0.4 is 10.1 Å². The second-order valence-electron chi connectivity index (χ2n) is 4.06. The molecular weight excluding hydrogens is 265 g/mol. The zero-order valence-electron chi connectivity index (χ0n) is 10.6. The molecule has 0 aliphatic heterocycles. The van der Waals surface area contributed by atoms with E-state index >= 15 is 0 Å². The van der Waals surface area contributed by atoms with E-state index in [-0.39, 0.29) is 5.82 Å². The first-order chi connectivity index (χ1) is 9.19. The zero-order chi connectivity index (χ0) is 13.7. The molecular formula is C15H15ClFNO. The lowest BCUT2D eigenvalue weighted by Gasteiger charge is -2.09. The van der Waals surface area contributed by atoms with Crippen molar-refractivity contribution in [1.29, 1.82) is 0 Å². The maximum Gasteiger partial charge on any atom is 0.147 e. The Morgan fingerprint density at radius 2 is 2.05 bits per heavy atom. The van der Waals surface area contributed by atoms with E-state index in [2.05, 4.69) is 5.32 Å². The first kappa shape index (κ1) is 13.7. The Morgan fingerprint density at radius 3 is 2.79 bits per heavy atom. The minimum atomic E-state index is -0.353. The van der Waals surface area contributed by atoms with Crippen LogP contribution in [0.15, 0.2) is 42.5 Å². The van der Waals surface area contributed by atoms with Crippen LogP contribution in [0.4, 0.5) is 10.1 Å². The summed E-state index contributed by atoms with van der Waals surface area (Å²) >= 11 is 5.71. The number of rotatable bonds is 5. The van der Waals surface area contributed by atoms with Gasteiger partial charge < -0.3 is 10.1 Å². The number of hydrogen-bond acceptors (Lipinski definition) is 2. The number of ether oxygens (including phenoxy) is 1. The normalized spacial score (nSPS) is 10.3. The predicted molar refractivity (Wildman–Crippen MR) is 76.3 cm³/mol. The lowest BCUT2D eigenvalue weighted by molar-refractivity contribution is 0.340. The van der Waals surface area contributed by atoms with Gasteiger partial charge in [0.15, 0.2) is 0 Å². The molecule has 0 bridgehead atoms. The van der Waals surface area contributed by atoms with Crippen LogP contribution in [0.3, 0.4) is 0 Å². The standard InChI is InChI=1S/C15H15ClFNO/c1-2-19-13-5-3-4-11(8-13)10-18-15-7-6-12(16)9-14(15)17/h3-9,18H,2,10H2,1H3. The van der Waals surface area contributed by atoms with Gasteiger partial charge in [-0.15, -0.1) is 0 Å². The van der Waals surface area contributed by atoms with Crippen LogP contribution >= 0.6 is 11.6 Å². The van der Waals surface area contributed by atoms with Crippen LogP contribution in [0.5, 0.6) is 5.75 Å². The van der Waals surface area contributed by atoms with Crippen molar-refractivity contribution in [2.75, 3.05) is 11.9 Å². The van der Waals surface area contributed by atoms with Gasteiger partial charge in [-0.25, -0.2) is 4.39 Å². The molecule has 0 aliphatic rings. The molecule has 0 saturated carbocycles. The summed E-state index contributed by atoms with van der Waals surface area (Å²) < 4.78 is 19.0. The Kier molecular flexibility index (Phi) is 4.63. The Balaban J connectivity index is 2.03. The lowest BCUT2D eigenvalue weighted by Crippen LogP contribution is -2.02. The molecule has 2 aromatic rings. The van der Waals surface area contributed by atoms with Gasteiger partial charge in [-0.3, -0.25) is 0 Å². The van der Waals surface area contributed by atoms with Gasteiger partial charge in [0.05, 0.1) is 12.3 Å². The number of hydrogen-bond donors (Lipinski definition) is 1. The van der Waals surface area contributed by atoms with Gasteiger partial charge in [0.25, 0.3) is 0 Å². The minimum Gasteiger partial charge on any atom is -0.494 e. The molecule has 2 nitrogen and oxygen atoms in total. The number of nitrogens with one attached hydrogen (secondary N) is 1. The molecule has 0 spiro atoms. The topological polar surface area (TPSA) is 21.3 Å². The van der Waals surface area contributed by atoms with E-state index in [1.807, 2.05) is 31.2 Å². The van der Waals surface area contributed by atoms with Crippen molar-refractivity contribution in [3.05, 3.63) is 58.9 Å². The summed E-state index contributed by atoms with van der Waals surface area (Å²) in [6, 6.07) is 12.3. The SMILES string of the molecule is CCOc1cccc(CNc2ccc(Cl)cc2F)c1. The van der Waals surface area contributed by atoms with Crippen molar-refractivity contribution in [3.8, 4) is 5.75 Å². The molecule has 0 saturated heterocycles. The highest BCUT2D eigenvalue weighted by atomic mass is 35.5. The first-order valence-corrected chi connectivity index (χ1v) is 6.47. The second-order valence-corrected chi connectivity index (χ2v) is 4.49. The van der Waals surface area contributed by atoms with Crippen molar-refractivity contribution in [2.45, 2.75) is 13.5 Å². The van der Waals surface area contributed by atoms with Crippen molar-refractivity contribution in [1.82, 2.24) is 0 Å². The molecule has 0 atom stereocenters. The van der Waals surface area contributed by atoms with E-state index in [0.717, 1.165) is 11.3 Å². The smallest absolute Gasteiger partial charge is 0.147 e. The molecule has 0 unspecified atom stereocenters. The third-order valence-electron chi connectivity index (χ3n) is 2.62. The molecule has 0 radical (unpaired) electrons. The molecule has 19 heavy (non-hydrogen) atoms. The van der Waals surface area contributed by atoms with Crippen molar-refractivity contribution in [2.24, 2.45) is 0 Å². The molecule has 100 valence electrons. The maximum absolute atomic E-state index is 13.6. The van der Waals surface area contributed by atoms with Crippen LogP contribution in [0.1, 0.15) is 12.5 Å². The Bertz CT molecular complexity index is 560. The van der Waals surface area contributed by atoms with E-state index in [0.29, 0.717) is 23.9 Å². The molecule has 0 amide bonds. The van der Waals surface area contributed by atoms with Gasteiger partial charge in [-0.05, 0) is 42.8 Å². The van der Waals surface area contributed by atoms with Crippen LogP contribution in [-0.4, -0.2) is 6.61 Å². The molecule has 0 fully saturated rings. The van der Waals surface area contributed by atoms with Crippen LogP contribution in [0.25, 0.3) is 0 Å². The highest BCUT2D eigenvalue weighted by Gasteiger charge is 2.03. The van der Waals surface area contributed by atoms with E-state index in [1.165, 1.54) is 6.07 Å². The fraction of sp³-hybridized carbons (Fsp3) is 0.200. The summed E-state index contributed by atoms with van der Waals surface area (Å²) in [6.07, 6.45) is 0. The molecule has 0 heterocycles. The summed E-state index contributed by atoms with van der Waals surface area (Å²) in [4.78, 5) is 0. The van der Waals surface area contributed by atoms with Gasteiger partial charge in [0, 0.05) is 11.6 Å². The average Bonchev–Trinajstić information content (AvgIpc) is 2.38. The van der Waals surface area contributed by atoms with Crippen molar-refractivity contribution < 1.29 is 9.13 Å². The monoisotopic (exact) mass is 279 g/mol. The fourth-order valence-corrected chi connectivity index (χ4v) is 1.90. The minimum absolute atomic E-state index is 0.353. The van der Waals surface area contributed by atoms with Gasteiger partial charge in [0.2, 0.25) is 0 Å². The zero-order valence-corrected chi connectivity index (χ0v) is 11.4. The van der Waals surface area contributed by atoms with Gasteiger partial charge in [-0.1, -0.05) is 23.7 Å². The van der Waals surface area contributed by atoms with E-state index < -0.39 is 0 Å². The quantitative estimate of drug-likeness (QED) is 0.871. The highest BCUT2D eigenvalue weighted by Crippen LogP contribution is 2.20. The van der Waals surface area contributed by atoms with Gasteiger partial charge >= 0.3 is 0 Å². The summed E-state index contributed by atoms with van der Waals surface area (Å²) in [7, 11) is 0. The van der Waals surface area contributed by atoms with Gasteiger partial charge in [0.1, 0.15) is 11.6 Å². The number of benzene rings is 2. The average molecular weight is 280 g/mol. The predicted octanol–water partition coefficient (Wildman–Crippen LogP) is 4.49. The van der Waals surface area contributed by atoms with Crippen LogP contribution in [-0.2, 0) is 6.54 Å². The lowest BCUT2D eigenvalue weighted by atomic mass is 10.2. The molecule has 2 rings (SSSR count). The second kappa shape index (κ2) is 6.43. The summed E-state index contributed by atoms with van der Waals surface area (Å²) in [5, 5.41) is 3.43. The van der Waals surface area contributed by atoms with Gasteiger partial charge in [-0.2, -0.15) is 0 Å². The Labute approximate surface area is 117 Å². The molecule has 4 heteroatoms. The third kappa shape index (κ3) is 3.86. The van der Waals surface area contributed by atoms with Crippen LogP contribution in [0.2, 0.25) is 5.02 Å². The van der Waals surface area contributed by atoms with E-state index in [9.17, 15) is 4.39 Å². The largest absolute Gasteiger partial charge is 0.494 e. The molecule has 2 aromatic carbocycles. The first-order valence-electron chi connectivity index (χ1n) is 6.09. The molecule has 0 aromatic heterocycles. The third-order valence-corrected chi connectivity index (χ3v) is 2.86.